The zero-order chi connectivity index (χ0) is 11.4. The van der Waals surface area contributed by atoms with Gasteiger partial charge in [-0.05, 0) is 41.1 Å². The van der Waals surface area contributed by atoms with E-state index in [0.29, 0.717) is 11.5 Å². The van der Waals surface area contributed by atoms with Gasteiger partial charge in [0.15, 0.2) is 5.65 Å². The minimum absolute atomic E-state index is 0.517. The van der Waals surface area contributed by atoms with E-state index in [2.05, 4.69) is 32.1 Å². The lowest BCUT2D eigenvalue weighted by molar-refractivity contribution is 0.990. The molecule has 0 spiro atoms. The number of hydrogen-bond donors (Lipinski definition) is 0. The van der Waals surface area contributed by atoms with E-state index in [4.69, 9.17) is 11.6 Å². The summed E-state index contributed by atoms with van der Waals surface area (Å²) in [6.07, 6.45) is 0.555. The van der Waals surface area contributed by atoms with Gasteiger partial charge in [0.1, 0.15) is 5.15 Å². The van der Waals surface area contributed by atoms with Gasteiger partial charge < -0.3 is 0 Å². The van der Waals surface area contributed by atoms with Gasteiger partial charge in [0.05, 0.1) is 12.1 Å². The van der Waals surface area contributed by atoms with Crippen molar-refractivity contribution >= 4 is 51.0 Å². The molecule has 2 aromatic heterocycles. The molecule has 1 atom stereocenters. The number of halogens is 2. The van der Waals surface area contributed by atoms with Gasteiger partial charge in [-0.25, -0.2) is 9.44 Å². The molecule has 0 amide bonds. The Labute approximate surface area is 109 Å². The van der Waals surface area contributed by atoms with Gasteiger partial charge in [-0.15, -0.1) is 0 Å². The molecule has 2 rings (SSSR count). The Balaban J connectivity index is 0.000000531. The molecule has 82 valence electrons. The maximum atomic E-state index is 5.81. The second-order valence-electron chi connectivity index (χ2n) is 2.59. The largest absolute Gasteiger partial charge is 0.219 e. The third-order valence-electron chi connectivity index (χ3n) is 1.76. The Morgan fingerprint density at radius 3 is 2.67 bits per heavy atom. The molecule has 0 aliphatic carbocycles. The minimum atomic E-state index is 0.517. The summed E-state index contributed by atoms with van der Waals surface area (Å²) in [5.41, 5.74) is 1.88. The molecule has 0 saturated carbocycles. The predicted molar refractivity (Wildman–Crippen MR) is 76.4 cm³/mol. The van der Waals surface area contributed by atoms with Crippen molar-refractivity contribution < 1.29 is 0 Å². The summed E-state index contributed by atoms with van der Waals surface area (Å²) >= 11 is 8.08. The Morgan fingerprint density at radius 2 is 2.07 bits per heavy atom. The molecule has 0 bridgehead atoms. The van der Waals surface area contributed by atoms with E-state index in [1.165, 1.54) is 0 Å². The van der Waals surface area contributed by atoms with Crippen LogP contribution in [0.2, 0.25) is 5.15 Å². The highest BCUT2D eigenvalue weighted by molar-refractivity contribution is 14.2. The lowest BCUT2D eigenvalue weighted by Crippen LogP contribution is -1.85. The van der Waals surface area contributed by atoms with Crippen molar-refractivity contribution in [2.24, 2.45) is 0 Å². The molecule has 0 aliphatic heterocycles. The van der Waals surface area contributed by atoms with Crippen LogP contribution < -0.4 is 0 Å². The fraction of sp³-hybridized carbons (Fsp3) is 0.333. The number of aryl methyl sites for hydroxylation is 1. The van der Waals surface area contributed by atoms with Crippen molar-refractivity contribution in [3.8, 4) is 0 Å². The van der Waals surface area contributed by atoms with Gasteiger partial charge in [-0.3, -0.25) is 0 Å². The molecule has 0 fully saturated rings. The Hall–Kier alpha value is 0.0700. The van der Waals surface area contributed by atoms with Gasteiger partial charge >= 0.3 is 0 Å². The van der Waals surface area contributed by atoms with Crippen LogP contribution >= 0.6 is 40.0 Å². The molecule has 0 aromatic carbocycles. The van der Waals surface area contributed by atoms with Gasteiger partial charge in [0.2, 0.25) is 0 Å². The van der Waals surface area contributed by atoms with Crippen LogP contribution in [0.3, 0.4) is 0 Å². The van der Waals surface area contributed by atoms with Crippen LogP contribution in [0.4, 0.5) is 0 Å². The standard InChI is InChI=1S/C7H6ClIN3P.C2H6/c1-4-5-2-3-6(8)10-7(5)12(11-4)13-9;1-2/h2-3,13H,1H3;1-2H3. The van der Waals surface area contributed by atoms with Crippen molar-refractivity contribution in [2.45, 2.75) is 20.8 Å². The first-order chi connectivity index (χ1) is 7.22. The van der Waals surface area contributed by atoms with Crippen molar-refractivity contribution in [1.82, 2.24) is 14.5 Å². The molecule has 2 aromatic rings. The Bertz CT molecular complexity index is 458. The highest BCUT2D eigenvalue weighted by Gasteiger charge is 2.07. The molecule has 0 saturated heterocycles. The fourth-order valence-corrected chi connectivity index (χ4v) is 2.77. The highest BCUT2D eigenvalue weighted by atomic mass is 127. The highest BCUT2D eigenvalue weighted by Crippen LogP contribution is 2.29. The average Bonchev–Trinajstić information content (AvgIpc) is 2.58. The van der Waals surface area contributed by atoms with Crippen LogP contribution in [0, 0.1) is 6.92 Å². The molecule has 0 aliphatic rings. The van der Waals surface area contributed by atoms with Crippen LogP contribution in [0.5, 0.6) is 0 Å². The number of nitrogens with zero attached hydrogens (tertiary/aromatic N) is 3. The maximum Gasteiger partial charge on any atom is 0.163 e. The SMILES string of the molecule is CC.Cc1nn(PI)c2nc(Cl)ccc12. The van der Waals surface area contributed by atoms with Gasteiger partial charge in [0, 0.05) is 5.39 Å². The fourth-order valence-electron chi connectivity index (χ4n) is 1.18. The van der Waals surface area contributed by atoms with Crippen LogP contribution in [-0.4, -0.2) is 14.5 Å². The van der Waals surface area contributed by atoms with Crippen molar-refractivity contribution in [2.75, 3.05) is 0 Å². The molecule has 3 nitrogen and oxygen atoms in total. The number of pyridine rings is 1. The molecule has 2 heterocycles. The molecule has 15 heavy (non-hydrogen) atoms. The van der Waals surface area contributed by atoms with E-state index in [-0.39, 0.29) is 0 Å². The summed E-state index contributed by atoms with van der Waals surface area (Å²) in [6, 6.07) is 3.75. The van der Waals surface area contributed by atoms with E-state index in [0.717, 1.165) is 16.7 Å². The van der Waals surface area contributed by atoms with E-state index >= 15 is 0 Å². The molecular formula is C9H12ClIN3P. The third-order valence-corrected chi connectivity index (χ3v) is 3.81. The zero-order valence-corrected chi connectivity index (χ0v) is 12.7. The Morgan fingerprint density at radius 1 is 1.40 bits per heavy atom. The molecule has 0 N–H and O–H groups in total. The summed E-state index contributed by atoms with van der Waals surface area (Å²) in [5.74, 6) is 0. The number of aromatic nitrogens is 3. The number of rotatable bonds is 1. The second-order valence-corrected chi connectivity index (χ2v) is 5.01. The number of hydrogen-bond acceptors (Lipinski definition) is 2. The van der Waals surface area contributed by atoms with Gasteiger partial charge in [-0.1, -0.05) is 25.4 Å². The normalized spacial score (nSPS) is 10.7. The minimum Gasteiger partial charge on any atom is -0.219 e. The van der Waals surface area contributed by atoms with Gasteiger partial charge in [-0.2, -0.15) is 5.10 Å². The maximum absolute atomic E-state index is 5.81. The summed E-state index contributed by atoms with van der Waals surface area (Å²) < 4.78 is 1.87. The quantitative estimate of drug-likeness (QED) is 0.436. The topological polar surface area (TPSA) is 30.7 Å². The van der Waals surface area contributed by atoms with E-state index < -0.39 is 0 Å². The van der Waals surface area contributed by atoms with Gasteiger partial charge in [0.25, 0.3) is 0 Å². The Kier molecular flexibility index (Phi) is 5.23. The van der Waals surface area contributed by atoms with E-state index in [9.17, 15) is 0 Å². The summed E-state index contributed by atoms with van der Waals surface area (Å²) in [6.45, 7) is 5.98. The first-order valence-electron chi connectivity index (χ1n) is 4.61. The monoisotopic (exact) mass is 355 g/mol. The second kappa shape index (κ2) is 5.97. The van der Waals surface area contributed by atoms with E-state index in [1.807, 2.05) is 31.3 Å². The first kappa shape index (κ1) is 13.1. The lowest BCUT2D eigenvalue weighted by Gasteiger charge is -1.95. The third kappa shape index (κ3) is 2.80. The molecule has 6 heteroatoms. The van der Waals surface area contributed by atoms with Crippen LogP contribution in [0.25, 0.3) is 11.0 Å². The lowest BCUT2D eigenvalue weighted by atomic mass is 10.3. The average molecular weight is 356 g/mol. The summed E-state index contributed by atoms with van der Waals surface area (Å²) in [7, 11) is 0. The first-order valence-corrected chi connectivity index (χ1v) is 9.05. The molecular weight excluding hydrogens is 343 g/mol. The van der Waals surface area contributed by atoms with Crippen LogP contribution in [0.15, 0.2) is 12.1 Å². The summed E-state index contributed by atoms with van der Waals surface area (Å²) in [5, 5.41) is 5.94. The van der Waals surface area contributed by atoms with Crippen molar-refractivity contribution in [3.05, 3.63) is 23.0 Å². The molecule has 0 radical (unpaired) electrons. The van der Waals surface area contributed by atoms with Crippen molar-refractivity contribution in [1.29, 1.82) is 0 Å². The summed E-state index contributed by atoms with van der Waals surface area (Å²) in [4.78, 5) is 4.24. The zero-order valence-electron chi connectivity index (χ0n) is 8.75. The van der Waals surface area contributed by atoms with E-state index in [1.54, 1.807) is 6.07 Å². The predicted octanol–water partition coefficient (Wildman–Crippen LogP) is 4.21. The molecule has 1 unspecified atom stereocenters. The van der Waals surface area contributed by atoms with Crippen LogP contribution in [-0.2, 0) is 0 Å². The number of fused-ring (bicyclic) bond motifs is 1. The van der Waals surface area contributed by atoms with Crippen LogP contribution in [0.1, 0.15) is 19.5 Å². The van der Waals surface area contributed by atoms with Crippen molar-refractivity contribution in [3.63, 3.8) is 0 Å². The smallest absolute Gasteiger partial charge is 0.163 e.